The van der Waals surface area contributed by atoms with Gasteiger partial charge in [-0.25, -0.2) is 9.07 Å². The van der Waals surface area contributed by atoms with Crippen molar-refractivity contribution in [2.24, 2.45) is 0 Å². The summed E-state index contributed by atoms with van der Waals surface area (Å²) in [6.45, 7) is 4.43. The molecule has 8 heteroatoms. The van der Waals surface area contributed by atoms with Gasteiger partial charge in [0.05, 0.1) is 18.5 Å². The third kappa shape index (κ3) is 5.75. The molecule has 0 radical (unpaired) electrons. The van der Waals surface area contributed by atoms with Crippen LogP contribution in [0.15, 0.2) is 48.5 Å². The lowest BCUT2D eigenvalue weighted by Crippen LogP contribution is -2.44. The molecular formula is C28H33FN4O3. The van der Waals surface area contributed by atoms with E-state index in [0.29, 0.717) is 43.5 Å². The maximum absolute atomic E-state index is 14.5. The third-order valence-corrected chi connectivity index (χ3v) is 6.84. The fourth-order valence-corrected chi connectivity index (χ4v) is 4.94. The van der Waals surface area contributed by atoms with Crippen molar-refractivity contribution in [2.45, 2.75) is 58.0 Å². The minimum absolute atomic E-state index is 0.0295. The van der Waals surface area contributed by atoms with Crippen molar-refractivity contribution in [1.82, 2.24) is 20.0 Å². The number of aromatic nitrogens is 2. The van der Waals surface area contributed by atoms with Crippen LogP contribution in [0.4, 0.5) is 4.39 Å². The van der Waals surface area contributed by atoms with E-state index in [1.807, 2.05) is 48.9 Å². The lowest BCUT2D eigenvalue weighted by atomic mass is 9.84. The van der Waals surface area contributed by atoms with Crippen LogP contribution in [0.2, 0.25) is 0 Å². The fourth-order valence-electron chi connectivity index (χ4n) is 4.94. The van der Waals surface area contributed by atoms with Crippen molar-refractivity contribution in [3.63, 3.8) is 0 Å². The molecule has 1 aliphatic heterocycles. The zero-order chi connectivity index (χ0) is 25.9. The Labute approximate surface area is 211 Å². The SMILES string of the molecule is COc1ccc(F)c(C[C@@]2(CCC(=O)N(C)Cc3cccc(-n4nc(C)cc4C)c3)CCC(=O)N2)c1. The number of benzene rings is 2. The van der Waals surface area contributed by atoms with E-state index >= 15 is 0 Å². The molecule has 2 heterocycles. The van der Waals surface area contributed by atoms with Crippen molar-refractivity contribution in [3.8, 4) is 11.4 Å². The molecular weight excluding hydrogens is 459 g/mol. The molecule has 2 aromatic carbocycles. The maximum Gasteiger partial charge on any atom is 0.222 e. The molecule has 1 aromatic heterocycles. The molecule has 0 bridgehead atoms. The van der Waals surface area contributed by atoms with Gasteiger partial charge in [-0.05, 0) is 80.6 Å². The number of methoxy groups -OCH3 is 1. The molecule has 36 heavy (non-hydrogen) atoms. The molecule has 0 unspecified atom stereocenters. The number of aryl methyl sites for hydroxylation is 2. The van der Waals surface area contributed by atoms with Crippen molar-refractivity contribution < 1.29 is 18.7 Å². The Morgan fingerprint density at radius 3 is 2.69 bits per heavy atom. The lowest BCUT2D eigenvalue weighted by Gasteiger charge is -2.30. The number of carbonyl (C=O) groups excluding carboxylic acids is 2. The van der Waals surface area contributed by atoms with E-state index in [-0.39, 0.29) is 24.1 Å². The Morgan fingerprint density at radius 2 is 2.03 bits per heavy atom. The molecule has 4 rings (SSSR count). The number of hydrogen-bond donors (Lipinski definition) is 1. The van der Waals surface area contributed by atoms with Gasteiger partial charge >= 0.3 is 0 Å². The molecule has 0 spiro atoms. The Balaban J connectivity index is 1.42. The number of halogens is 1. The molecule has 0 aliphatic carbocycles. The van der Waals surface area contributed by atoms with Gasteiger partial charge in [-0.1, -0.05) is 12.1 Å². The van der Waals surface area contributed by atoms with Crippen LogP contribution in [-0.4, -0.2) is 46.2 Å². The second-order valence-electron chi connectivity index (χ2n) is 9.72. The monoisotopic (exact) mass is 492 g/mol. The minimum atomic E-state index is -0.657. The highest BCUT2D eigenvalue weighted by atomic mass is 19.1. The van der Waals surface area contributed by atoms with E-state index < -0.39 is 5.54 Å². The van der Waals surface area contributed by atoms with Gasteiger partial charge in [0, 0.05) is 37.7 Å². The number of ether oxygens (including phenoxy) is 1. The van der Waals surface area contributed by atoms with E-state index in [0.717, 1.165) is 22.6 Å². The van der Waals surface area contributed by atoms with Crippen LogP contribution in [0.1, 0.15) is 48.2 Å². The summed E-state index contributed by atoms with van der Waals surface area (Å²) in [6, 6.07) is 14.6. The van der Waals surface area contributed by atoms with Crippen LogP contribution in [-0.2, 0) is 22.6 Å². The maximum atomic E-state index is 14.5. The van der Waals surface area contributed by atoms with Crippen LogP contribution < -0.4 is 10.1 Å². The van der Waals surface area contributed by atoms with Crippen molar-refractivity contribution >= 4 is 11.8 Å². The topological polar surface area (TPSA) is 76.5 Å². The number of carbonyl (C=O) groups is 2. The summed E-state index contributed by atoms with van der Waals surface area (Å²) >= 11 is 0. The van der Waals surface area contributed by atoms with E-state index in [2.05, 4.69) is 10.4 Å². The van der Waals surface area contributed by atoms with Gasteiger partial charge in [0.1, 0.15) is 11.6 Å². The highest BCUT2D eigenvalue weighted by Crippen LogP contribution is 2.32. The molecule has 2 amide bonds. The molecule has 1 saturated heterocycles. The Morgan fingerprint density at radius 1 is 1.22 bits per heavy atom. The molecule has 190 valence electrons. The first-order valence-corrected chi connectivity index (χ1v) is 12.2. The second kappa shape index (κ2) is 10.5. The van der Waals surface area contributed by atoms with Gasteiger partial charge in [0.2, 0.25) is 11.8 Å². The zero-order valence-corrected chi connectivity index (χ0v) is 21.3. The summed E-state index contributed by atoms with van der Waals surface area (Å²) in [5.41, 5.74) is 3.76. The summed E-state index contributed by atoms with van der Waals surface area (Å²) < 4.78 is 21.7. The summed E-state index contributed by atoms with van der Waals surface area (Å²) in [4.78, 5) is 26.9. The van der Waals surface area contributed by atoms with Crippen LogP contribution in [0.5, 0.6) is 5.75 Å². The Bertz CT molecular complexity index is 1270. The van der Waals surface area contributed by atoms with E-state index in [1.165, 1.54) is 13.2 Å². The Kier molecular flexibility index (Phi) is 7.43. The average molecular weight is 493 g/mol. The van der Waals surface area contributed by atoms with Crippen LogP contribution in [0.25, 0.3) is 5.69 Å². The zero-order valence-electron chi connectivity index (χ0n) is 21.3. The lowest BCUT2D eigenvalue weighted by molar-refractivity contribution is -0.131. The predicted octanol–water partition coefficient (Wildman–Crippen LogP) is 4.27. The van der Waals surface area contributed by atoms with Gasteiger partial charge in [-0.2, -0.15) is 5.10 Å². The predicted molar refractivity (Wildman–Crippen MR) is 136 cm³/mol. The van der Waals surface area contributed by atoms with Gasteiger partial charge in [0.25, 0.3) is 0 Å². The van der Waals surface area contributed by atoms with Crippen molar-refractivity contribution in [1.29, 1.82) is 0 Å². The third-order valence-electron chi connectivity index (χ3n) is 6.84. The molecule has 1 N–H and O–H groups in total. The van der Waals surface area contributed by atoms with Crippen LogP contribution >= 0.6 is 0 Å². The molecule has 1 aliphatic rings. The molecule has 1 atom stereocenters. The number of nitrogens with one attached hydrogen (secondary N) is 1. The minimum Gasteiger partial charge on any atom is -0.497 e. The number of nitrogens with zero attached hydrogens (tertiary/aromatic N) is 3. The van der Waals surface area contributed by atoms with E-state index in [9.17, 15) is 14.0 Å². The van der Waals surface area contributed by atoms with Gasteiger partial charge in [-0.3, -0.25) is 9.59 Å². The van der Waals surface area contributed by atoms with Gasteiger partial charge in [0.15, 0.2) is 0 Å². The average Bonchev–Trinajstić information content (AvgIpc) is 3.39. The molecule has 0 saturated carbocycles. The number of rotatable bonds is 9. The van der Waals surface area contributed by atoms with Crippen LogP contribution in [0, 0.1) is 19.7 Å². The first kappa shape index (κ1) is 25.4. The number of hydrogen-bond acceptors (Lipinski definition) is 4. The molecule has 7 nitrogen and oxygen atoms in total. The summed E-state index contributed by atoms with van der Waals surface area (Å²) in [6.07, 6.45) is 1.92. The van der Waals surface area contributed by atoms with Crippen molar-refractivity contribution in [3.05, 3.63) is 76.9 Å². The fraction of sp³-hybridized carbons (Fsp3) is 0.393. The highest BCUT2D eigenvalue weighted by molar-refractivity contribution is 5.80. The van der Waals surface area contributed by atoms with Crippen LogP contribution in [0.3, 0.4) is 0 Å². The smallest absolute Gasteiger partial charge is 0.222 e. The summed E-state index contributed by atoms with van der Waals surface area (Å²) in [7, 11) is 3.31. The summed E-state index contributed by atoms with van der Waals surface area (Å²) in [5, 5.41) is 7.57. The second-order valence-corrected chi connectivity index (χ2v) is 9.72. The van der Waals surface area contributed by atoms with Crippen molar-refractivity contribution in [2.75, 3.05) is 14.2 Å². The first-order valence-electron chi connectivity index (χ1n) is 12.2. The Hall–Kier alpha value is -3.68. The standard InChI is InChI=1S/C28H33FN4O3/c1-19-14-20(2)33(31-19)23-7-5-6-21(15-23)18-32(3)27(35)11-13-28(12-10-26(34)30-28)17-22-16-24(36-4)8-9-25(22)29/h5-9,14-16H,10-13,17-18H2,1-4H3,(H,30,34)/t28-/m0/s1. The van der Waals surface area contributed by atoms with Gasteiger partial charge in [-0.15, -0.1) is 0 Å². The first-order chi connectivity index (χ1) is 17.2. The normalized spacial score (nSPS) is 17.2. The largest absolute Gasteiger partial charge is 0.497 e. The molecule has 1 fully saturated rings. The summed E-state index contributed by atoms with van der Waals surface area (Å²) in [5.74, 6) is 0.116. The molecule has 3 aromatic rings. The van der Waals surface area contributed by atoms with Gasteiger partial charge < -0.3 is 15.0 Å². The number of amides is 2. The van der Waals surface area contributed by atoms with E-state index in [1.54, 1.807) is 24.1 Å². The van der Waals surface area contributed by atoms with E-state index in [4.69, 9.17) is 4.74 Å². The quantitative estimate of drug-likeness (QED) is 0.484. The highest BCUT2D eigenvalue weighted by Gasteiger charge is 2.38.